The zero-order chi connectivity index (χ0) is 36.4. The molecule has 0 atom stereocenters. The summed E-state index contributed by atoms with van der Waals surface area (Å²) < 4.78 is 10.9. The van der Waals surface area contributed by atoms with Gasteiger partial charge in [-0.05, 0) is 102 Å². The number of benzene rings is 4. The van der Waals surface area contributed by atoms with Gasteiger partial charge in [0.05, 0.1) is 5.69 Å². The molecule has 0 saturated heterocycles. The van der Waals surface area contributed by atoms with Crippen LogP contribution in [0.25, 0.3) is 44.4 Å². The van der Waals surface area contributed by atoms with Crippen molar-refractivity contribution in [1.29, 1.82) is 0 Å². The molecule has 7 aromatic rings. The van der Waals surface area contributed by atoms with E-state index in [0.29, 0.717) is 17.4 Å². The molecule has 52 heavy (non-hydrogen) atoms. The van der Waals surface area contributed by atoms with Crippen LogP contribution in [0, 0.1) is 39.8 Å². The monoisotopic (exact) mass is 778 g/mol. The Morgan fingerprint density at radius 1 is 0.712 bits per heavy atom. The van der Waals surface area contributed by atoms with Crippen molar-refractivity contribution in [2.45, 2.75) is 93.4 Å². The minimum absolute atomic E-state index is 0. The first-order valence-corrected chi connectivity index (χ1v) is 18.1. The summed E-state index contributed by atoms with van der Waals surface area (Å²) in [5.41, 5.74) is 13.7. The number of pyridine rings is 1. The summed E-state index contributed by atoms with van der Waals surface area (Å²) >= 11 is 0. The maximum Gasteiger partial charge on any atom is 2.00 e. The van der Waals surface area contributed by atoms with Gasteiger partial charge in [0.1, 0.15) is 5.82 Å². The smallest absolute Gasteiger partial charge is 0.509 e. The van der Waals surface area contributed by atoms with Gasteiger partial charge in [-0.15, -0.1) is 41.3 Å². The average molecular weight is 779 g/mol. The van der Waals surface area contributed by atoms with E-state index in [1.54, 1.807) is 0 Å². The average Bonchev–Trinajstić information content (AvgIpc) is 3.56. The van der Waals surface area contributed by atoms with Crippen LogP contribution in [-0.2, 0) is 25.8 Å². The Morgan fingerprint density at radius 2 is 1.38 bits per heavy atom. The molecule has 7 rings (SSSR count). The Bertz CT molecular complexity index is 2420. The zero-order valence-electron chi connectivity index (χ0n) is 32.2. The second-order valence-corrected chi connectivity index (χ2v) is 15.7. The van der Waals surface area contributed by atoms with E-state index >= 15 is 0 Å². The molecule has 0 radical (unpaired) electrons. The van der Waals surface area contributed by atoms with Crippen LogP contribution >= 0.6 is 0 Å². The van der Waals surface area contributed by atoms with Crippen LogP contribution in [0.5, 0.6) is 11.5 Å². The number of hydrogen-bond donors (Lipinski definition) is 0. The van der Waals surface area contributed by atoms with Crippen LogP contribution in [0.15, 0.2) is 79.0 Å². The van der Waals surface area contributed by atoms with Gasteiger partial charge >= 0.3 is 20.4 Å². The van der Waals surface area contributed by atoms with Crippen molar-refractivity contribution < 1.29 is 25.2 Å². The first-order valence-electron chi connectivity index (χ1n) is 18.1. The first kappa shape index (κ1) is 37.3. The third-order valence-electron chi connectivity index (χ3n) is 10.1. The van der Waals surface area contributed by atoms with Crippen LogP contribution in [0.3, 0.4) is 0 Å². The van der Waals surface area contributed by atoms with Gasteiger partial charge in [0.25, 0.3) is 0 Å². The van der Waals surface area contributed by atoms with Crippen molar-refractivity contribution in [3.05, 3.63) is 130 Å². The van der Waals surface area contributed by atoms with Crippen molar-refractivity contribution in [2.24, 2.45) is 0 Å². The molecule has 0 unspecified atom stereocenters. The first-order chi connectivity index (χ1) is 24.2. The summed E-state index contributed by atoms with van der Waals surface area (Å²) in [6.07, 6.45) is 1.90. The molecule has 0 N–H and O–H groups in total. The SMILES string of the molecule is Cc1cc(C(C)C)cc(C)c1-c1c(C)nn(-c2[c-]c(Oc3[c-]c4c(cc3)c3ccccc3n4-c3cc(C(C)(C)C)ccn3)cc(C(C)C)c2)c1C.[Pd+2]. The number of aryl methyl sites for hydroxylation is 3. The summed E-state index contributed by atoms with van der Waals surface area (Å²) in [4.78, 5) is 4.83. The summed E-state index contributed by atoms with van der Waals surface area (Å²) in [5.74, 6) is 2.87. The van der Waals surface area contributed by atoms with Crippen molar-refractivity contribution in [1.82, 2.24) is 19.3 Å². The number of aromatic nitrogens is 4. The van der Waals surface area contributed by atoms with Gasteiger partial charge < -0.3 is 9.30 Å². The molecule has 4 aromatic carbocycles. The molecular weight excluding hydrogens is 731 g/mol. The molecule has 0 saturated carbocycles. The molecule has 268 valence electrons. The van der Waals surface area contributed by atoms with Gasteiger partial charge in [-0.25, -0.2) is 4.98 Å². The van der Waals surface area contributed by atoms with E-state index in [0.717, 1.165) is 50.3 Å². The van der Waals surface area contributed by atoms with Gasteiger partial charge in [0.2, 0.25) is 0 Å². The Morgan fingerprint density at radius 3 is 2.06 bits per heavy atom. The number of rotatable bonds is 7. The Kier molecular flexibility index (Phi) is 10.1. The number of fused-ring (bicyclic) bond motifs is 3. The molecule has 0 aliphatic rings. The largest absolute Gasteiger partial charge is 2.00 e. The molecule has 0 amide bonds. The van der Waals surface area contributed by atoms with Crippen LogP contribution in [0.1, 0.15) is 99.5 Å². The van der Waals surface area contributed by atoms with E-state index in [2.05, 4.69) is 160 Å². The Hall–Kier alpha value is -4.50. The standard InChI is InChI=1S/C46H48N4O.Pd/c1-27(2)33-20-29(5)44(30(6)21-33)45-31(7)48-50(32(45)8)36-22-34(28(3)4)23-38(25-36)51-37-16-17-40-39-14-12-13-15-41(39)49(42(40)26-37)43-24-35(18-19-47-43)46(9,10)11;/h12-24,27-28H,1-11H3;/q-2;+2. The second-order valence-electron chi connectivity index (χ2n) is 15.7. The Labute approximate surface area is 322 Å². The minimum atomic E-state index is -0.00824. The fourth-order valence-corrected chi connectivity index (χ4v) is 7.31. The maximum absolute atomic E-state index is 6.65. The van der Waals surface area contributed by atoms with Crippen molar-refractivity contribution in [3.8, 4) is 34.1 Å². The third-order valence-corrected chi connectivity index (χ3v) is 10.1. The van der Waals surface area contributed by atoms with Crippen LogP contribution < -0.4 is 4.74 Å². The summed E-state index contributed by atoms with van der Waals surface area (Å²) in [5, 5.41) is 7.34. The van der Waals surface area contributed by atoms with Gasteiger partial charge in [-0.1, -0.05) is 84.3 Å². The molecule has 3 heterocycles. The predicted octanol–water partition coefficient (Wildman–Crippen LogP) is 12.2. The topological polar surface area (TPSA) is 44.9 Å². The van der Waals surface area contributed by atoms with Gasteiger partial charge in [0, 0.05) is 34.5 Å². The van der Waals surface area contributed by atoms with E-state index in [1.807, 2.05) is 16.9 Å². The molecule has 6 heteroatoms. The molecular formula is C46H48N4OPd. The maximum atomic E-state index is 6.65. The molecule has 0 fully saturated rings. The van der Waals surface area contributed by atoms with E-state index in [4.69, 9.17) is 14.8 Å². The number of hydrogen-bond acceptors (Lipinski definition) is 3. The third kappa shape index (κ3) is 6.75. The van der Waals surface area contributed by atoms with Crippen LogP contribution in [-0.4, -0.2) is 19.3 Å². The number of ether oxygens (including phenoxy) is 1. The normalized spacial score (nSPS) is 11.9. The molecule has 0 bridgehead atoms. The van der Waals surface area contributed by atoms with Crippen molar-refractivity contribution in [3.63, 3.8) is 0 Å². The second kappa shape index (κ2) is 14.1. The van der Waals surface area contributed by atoms with E-state index < -0.39 is 0 Å². The van der Waals surface area contributed by atoms with Gasteiger partial charge in [-0.2, -0.15) is 11.2 Å². The molecule has 0 aliphatic carbocycles. The quantitative estimate of drug-likeness (QED) is 0.120. The van der Waals surface area contributed by atoms with E-state index in [9.17, 15) is 0 Å². The minimum Gasteiger partial charge on any atom is -0.509 e. The predicted molar refractivity (Wildman–Crippen MR) is 211 cm³/mol. The number of para-hydroxylation sites is 1. The van der Waals surface area contributed by atoms with E-state index in [-0.39, 0.29) is 31.8 Å². The molecule has 3 aromatic heterocycles. The van der Waals surface area contributed by atoms with Gasteiger partial charge in [0.15, 0.2) is 0 Å². The Balaban J connectivity index is 0.00000464. The fourth-order valence-electron chi connectivity index (χ4n) is 7.31. The molecule has 5 nitrogen and oxygen atoms in total. The van der Waals surface area contributed by atoms with Crippen LogP contribution in [0.4, 0.5) is 0 Å². The zero-order valence-corrected chi connectivity index (χ0v) is 33.7. The van der Waals surface area contributed by atoms with Gasteiger partial charge in [-0.3, -0.25) is 4.68 Å². The number of nitrogens with zero attached hydrogens (tertiary/aromatic N) is 4. The fraction of sp³-hybridized carbons (Fsp3) is 0.304. The summed E-state index contributed by atoms with van der Waals surface area (Å²) in [6.45, 7) is 24.3. The molecule has 0 spiro atoms. The van der Waals surface area contributed by atoms with E-state index in [1.165, 1.54) is 33.4 Å². The van der Waals surface area contributed by atoms with Crippen molar-refractivity contribution in [2.75, 3.05) is 0 Å². The molecule has 0 aliphatic heterocycles. The van der Waals surface area contributed by atoms with Crippen LogP contribution in [0.2, 0.25) is 0 Å². The summed E-state index contributed by atoms with van der Waals surface area (Å²) in [6, 6.07) is 33.0. The van der Waals surface area contributed by atoms with Crippen molar-refractivity contribution >= 4 is 21.8 Å². The summed E-state index contributed by atoms with van der Waals surface area (Å²) in [7, 11) is 0.